The molecule has 0 atom stereocenters. The van der Waals surface area contributed by atoms with Crippen LogP contribution in [0.15, 0.2) is 43.1 Å². The first kappa shape index (κ1) is 15.5. The molecule has 128 valence electrons. The minimum Gasteiger partial charge on any atom is -0.333 e. The third-order valence-electron chi connectivity index (χ3n) is 4.36. The maximum Gasteiger partial charge on any atom is 0.227 e. The Labute approximate surface area is 143 Å². The van der Waals surface area contributed by atoms with E-state index in [0.717, 1.165) is 17.1 Å². The molecule has 1 aliphatic heterocycles. The maximum absolute atomic E-state index is 13.0. The van der Waals surface area contributed by atoms with Crippen LogP contribution >= 0.6 is 0 Å². The highest BCUT2D eigenvalue weighted by molar-refractivity contribution is 5.78. The van der Waals surface area contributed by atoms with E-state index in [1.807, 2.05) is 6.20 Å². The fraction of sp³-hybridized carbons (Fsp3) is 0.294. The van der Waals surface area contributed by atoms with E-state index in [9.17, 15) is 9.18 Å². The third kappa shape index (κ3) is 3.28. The molecule has 0 saturated carbocycles. The minimum absolute atomic E-state index is 0.0266. The fourth-order valence-electron chi connectivity index (χ4n) is 3.03. The number of aromatic nitrogens is 5. The Hall–Kier alpha value is -3.03. The molecule has 0 unspecified atom stereocenters. The highest BCUT2D eigenvalue weighted by atomic mass is 19.1. The number of halogens is 1. The largest absolute Gasteiger partial charge is 0.333 e. The lowest BCUT2D eigenvalue weighted by molar-refractivity contribution is -0.132. The molecule has 1 aromatic carbocycles. The van der Waals surface area contributed by atoms with Gasteiger partial charge < -0.3 is 9.47 Å². The molecule has 0 aliphatic carbocycles. The highest BCUT2D eigenvalue weighted by Crippen LogP contribution is 2.16. The van der Waals surface area contributed by atoms with Crippen LogP contribution in [-0.2, 0) is 30.8 Å². The van der Waals surface area contributed by atoms with Crippen LogP contribution in [0.25, 0.3) is 0 Å². The van der Waals surface area contributed by atoms with Crippen molar-refractivity contribution in [2.24, 2.45) is 0 Å². The normalized spacial score (nSPS) is 13.7. The standard InChI is InChI=1S/C17H17FN6O/c18-14-3-1-13(2-4-14)7-17(25)22-5-6-24-15(8-20-16(24)10-22)9-23-12-19-11-21-23/h1-4,8,11-12H,5-7,9-10H2. The molecule has 7 nitrogen and oxygen atoms in total. The lowest BCUT2D eigenvalue weighted by Gasteiger charge is -2.28. The first-order valence-electron chi connectivity index (χ1n) is 8.07. The molecular weight excluding hydrogens is 323 g/mol. The first-order valence-corrected chi connectivity index (χ1v) is 8.07. The molecule has 8 heteroatoms. The summed E-state index contributed by atoms with van der Waals surface area (Å²) in [5.74, 6) is 0.601. The number of hydrogen-bond donors (Lipinski definition) is 0. The molecule has 0 radical (unpaired) electrons. The summed E-state index contributed by atoms with van der Waals surface area (Å²) >= 11 is 0. The average molecular weight is 340 g/mol. The quantitative estimate of drug-likeness (QED) is 0.717. The predicted molar refractivity (Wildman–Crippen MR) is 86.9 cm³/mol. The van der Waals surface area contributed by atoms with Gasteiger partial charge in [0, 0.05) is 13.1 Å². The summed E-state index contributed by atoms with van der Waals surface area (Å²) in [6.45, 7) is 2.43. The van der Waals surface area contributed by atoms with Crippen LogP contribution in [0.2, 0.25) is 0 Å². The molecule has 1 amide bonds. The van der Waals surface area contributed by atoms with Gasteiger partial charge in [-0.1, -0.05) is 12.1 Å². The molecule has 0 fully saturated rings. The van der Waals surface area contributed by atoms with Crippen molar-refractivity contribution in [3.8, 4) is 0 Å². The van der Waals surface area contributed by atoms with Gasteiger partial charge in [0.05, 0.1) is 31.4 Å². The molecule has 0 spiro atoms. The van der Waals surface area contributed by atoms with Crippen LogP contribution in [0, 0.1) is 5.82 Å². The number of carbonyl (C=O) groups excluding carboxylic acids is 1. The van der Waals surface area contributed by atoms with Crippen molar-refractivity contribution in [3.05, 3.63) is 66.0 Å². The zero-order valence-electron chi connectivity index (χ0n) is 13.5. The number of rotatable bonds is 4. The van der Waals surface area contributed by atoms with Crippen molar-refractivity contribution in [3.63, 3.8) is 0 Å². The molecule has 0 bridgehead atoms. The van der Waals surface area contributed by atoms with Gasteiger partial charge in [0.15, 0.2) is 0 Å². The van der Waals surface area contributed by atoms with E-state index in [1.54, 1.807) is 28.0 Å². The van der Waals surface area contributed by atoms with Crippen LogP contribution in [0.3, 0.4) is 0 Å². The lowest BCUT2D eigenvalue weighted by Crippen LogP contribution is -2.39. The summed E-state index contributed by atoms with van der Waals surface area (Å²) in [6.07, 6.45) is 5.27. The number of hydrogen-bond acceptors (Lipinski definition) is 4. The Balaban J connectivity index is 1.43. The maximum atomic E-state index is 13.0. The molecule has 2 aromatic heterocycles. The third-order valence-corrected chi connectivity index (χ3v) is 4.36. The molecule has 25 heavy (non-hydrogen) atoms. The minimum atomic E-state index is -0.295. The summed E-state index contributed by atoms with van der Waals surface area (Å²) in [5.41, 5.74) is 1.86. The Kier molecular flexibility index (Phi) is 4.01. The zero-order valence-corrected chi connectivity index (χ0v) is 13.5. The smallest absolute Gasteiger partial charge is 0.227 e. The lowest BCUT2D eigenvalue weighted by atomic mass is 10.1. The second kappa shape index (κ2) is 6.46. The van der Waals surface area contributed by atoms with E-state index in [2.05, 4.69) is 19.6 Å². The van der Waals surface area contributed by atoms with Gasteiger partial charge in [0.2, 0.25) is 5.91 Å². The summed E-state index contributed by atoms with van der Waals surface area (Å²) in [5, 5.41) is 4.11. The van der Waals surface area contributed by atoms with Crippen molar-refractivity contribution in [1.29, 1.82) is 0 Å². The van der Waals surface area contributed by atoms with Gasteiger partial charge in [-0.3, -0.25) is 4.79 Å². The predicted octanol–water partition coefficient (Wildman–Crippen LogP) is 1.25. The average Bonchev–Trinajstić information content (AvgIpc) is 3.27. The number of benzene rings is 1. The van der Waals surface area contributed by atoms with Gasteiger partial charge in [-0.05, 0) is 17.7 Å². The van der Waals surface area contributed by atoms with E-state index in [1.165, 1.54) is 18.5 Å². The van der Waals surface area contributed by atoms with Crippen LogP contribution < -0.4 is 0 Å². The second-order valence-corrected chi connectivity index (χ2v) is 6.03. The van der Waals surface area contributed by atoms with Crippen molar-refractivity contribution >= 4 is 5.91 Å². The molecule has 3 heterocycles. The van der Waals surface area contributed by atoms with E-state index in [-0.39, 0.29) is 18.1 Å². The van der Waals surface area contributed by atoms with E-state index in [0.29, 0.717) is 26.2 Å². The zero-order chi connectivity index (χ0) is 17.2. The van der Waals surface area contributed by atoms with Gasteiger partial charge in [0.1, 0.15) is 24.3 Å². The van der Waals surface area contributed by atoms with Crippen molar-refractivity contribution in [2.75, 3.05) is 6.54 Å². The van der Waals surface area contributed by atoms with Crippen LogP contribution in [0.5, 0.6) is 0 Å². The van der Waals surface area contributed by atoms with Crippen LogP contribution in [-0.4, -0.2) is 41.7 Å². The molecular formula is C17H17FN6O. The Morgan fingerprint density at radius 1 is 1.20 bits per heavy atom. The highest BCUT2D eigenvalue weighted by Gasteiger charge is 2.23. The molecule has 1 aliphatic rings. The van der Waals surface area contributed by atoms with Crippen molar-refractivity contribution < 1.29 is 9.18 Å². The number of nitrogens with zero attached hydrogens (tertiary/aromatic N) is 6. The van der Waals surface area contributed by atoms with Gasteiger partial charge >= 0.3 is 0 Å². The molecule has 3 aromatic rings. The summed E-state index contributed by atoms with van der Waals surface area (Å²) in [4.78, 5) is 22.7. The Morgan fingerprint density at radius 2 is 2.04 bits per heavy atom. The van der Waals surface area contributed by atoms with Gasteiger partial charge in [-0.2, -0.15) is 5.10 Å². The molecule has 4 rings (SSSR count). The summed E-state index contributed by atoms with van der Waals surface area (Å²) < 4.78 is 16.8. The van der Waals surface area contributed by atoms with Gasteiger partial charge in [-0.25, -0.2) is 19.0 Å². The first-order chi connectivity index (χ1) is 12.2. The van der Waals surface area contributed by atoms with Crippen LogP contribution in [0.4, 0.5) is 4.39 Å². The molecule has 0 saturated heterocycles. The van der Waals surface area contributed by atoms with Gasteiger partial charge in [0.25, 0.3) is 0 Å². The van der Waals surface area contributed by atoms with Crippen LogP contribution in [0.1, 0.15) is 17.1 Å². The van der Waals surface area contributed by atoms with Gasteiger partial charge in [-0.15, -0.1) is 0 Å². The monoisotopic (exact) mass is 340 g/mol. The number of fused-ring (bicyclic) bond motifs is 1. The van der Waals surface area contributed by atoms with Crippen molar-refractivity contribution in [2.45, 2.75) is 26.1 Å². The van der Waals surface area contributed by atoms with Crippen molar-refractivity contribution in [1.82, 2.24) is 29.2 Å². The second-order valence-electron chi connectivity index (χ2n) is 6.03. The van der Waals surface area contributed by atoms with E-state index < -0.39 is 0 Å². The Bertz CT molecular complexity index is 871. The topological polar surface area (TPSA) is 68.8 Å². The Morgan fingerprint density at radius 3 is 2.80 bits per heavy atom. The molecule has 0 N–H and O–H groups in total. The van der Waals surface area contributed by atoms with E-state index >= 15 is 0 Å². The number of amides is 1. The fourth-order valence-corrected chi connectivity index (χ4v) is 3.03. The van der Waals surface area contributed by atoms with E-state index in [4.69, 9.17) is 0 Å². The summed E-state index contributed by atoms with van der Waals surface area (Å²) in [7, 11) is 0. The summed E-state index contributed by atoms with van der Waals surface area (Å²) in [6, 6.07) is 6.05. The SMILES string of the molecule is O=C(Cc1ccc(F)cc1)N1CCn2c(Cn3cncn3)cnc2C1. The number of carbonyl (C=O) groups is 1. The number of imidazole rings is 1.